The van der Waals surface area contributed by atoms with Crippen LogP contribution >= 0.6 is 22.6 Å². The molecule has 21 heavy (non-hydrogen) atoms. The van der Waals surface area contributed by atoms with Crippen LogP contribution in [0.1, 0.15) is 49.3 Å². The normalized spacial score (nSPS) is 11.0. The Hall–Kier alpha value is -1.17. The van der Waals surface area contributed by atoms with Crippen LogP contribution < -0.4 is 5.32 Å². The number of aryl methyl sites for hydroxylation is 1. The summed E-state index contributed by atoms with van der Waals surface area (Å²) < 4.78 is 1.14. The van der Waals surface area contributed by atoms with Gasteiger partial charge in [-0.1, -0.05) is 38.1 Å². The van der Waals surface area contributed by atoms with Gasteiger partial charge in [0, 0.05) is 13.0 Å². The molecule has 0 spiro atoms. The van der Waals surface area contributed by atoms with Crippen molar-refractivity contribution >= 4 is 28.4 Å². The summed E-state index contributed by atoms with van der Waals surface area (Å²) in [7, 11) is 0. The first-order valence-corrected chi connectivity index (χ1v) is 8.45. The van der Waals surface area contributed by atoms with Gasteiger partial charge in [-0.25, -0.2) is 9.97 Å². The van der Waals surface area contributed by atoms with Gasteiger partial charge in [0.05, 0.1) is 9.26 Å². The van der Waals surface area contributed by atoms with Gasteiger partial charge in [-0.3, -0.25) is 0 Å². The smallest absolute Gasteiger partial charge is 0.143 e. The molecular weight excluding hydrogens is 373 g/mol. The summed E-state index contributed by atoms with van der Waals surface area (Å²) in [5, 5.41) is 3.35. The Kier molecular flexibility index (Phi) is 5.56. The van der Waals surface area contributed by atoms with E-state index in [0.29, 0.717) is 5.92 Å². The standard InChI is InChI=1S/C17H22IN3/c1-5-19-17-15(18)16(11(2)3)20-14(21-17)10-13-9-7-6-8-12(13)4/h6-9,11H,5,10H2,1-4H3,(H,19,20,21). The lowest BCUT2D eigenvalue weighted by Gasteiger charge is -2.15. The van der Waals surface area contributed by atoms with Gasteiger partial charge in [-0.05, 0) is 53.5 Å². The molecule has 0 bridgehead atoms. The Morgan fingerprint density at radius 3 is 2.52 bits per heavy atom. The summed E-state index contributed by atoms with van der Waals surface area (Å²) >= 11 is 2.35. The molecule has 0 fully saturated rings. The lowest BCUT2D eigenvalue weighted by Crippen LogP contribution is -2.11. The van der Waals surface area contributed by atoms with Crippen molar-refractivity contribution in [1.29, 1.82) is 0 Å². The fourth-order valence-electron chi connectivity index (χ4n) is 2.24. The summed E-state index contributed by atoms with van der Waals surface area (Å²) in [6, 6.07) is 8.43. The van der Waals surface area contributed by atoms with Gasteiger partial charge in [0.15, 0.2) is 0 Å². The second kappa shape index (κ2) is 7.20. The van der Waals surface area contributed by atoms with Crippen molar-refractivity contribution in [1.82, 2.24) is 9.97 Å². The van der Waals surface area contributed by atoms with Crippen LogP contribution in [-0.2, 0) is 6.42 Å². The van der Waals surface area contributed by atoms with E-state index in [2.05, 4.69) is 79.9 Å². The SMILES string of the molecule is CCNc1nc(Cc2ccccc2C)nc(C(C)C)c1I. The summed E-state index contributed by atoms with van der Waals surface area (Å²) in [6.07, 6.45) is 0.779. The molecular formula is C17H22IN3. The average Bonchev–Trinajstić information content (AvgIpc) is 2.44. The molecule has 0 atom stereocenters. The second-order valence-electron chi connectivity index (χ2n) is 5.48. The van der Waals surface area contributed by atoms with Crippen molar-refractivity contribution in [3.63, 3.8) is 0 Å². The van der Waals surface area contributed by atoms with Crippen molar-refractivity contribution in [3.05, 3.63) is 50.5 Å². The summed E-state index contributed by atoms with van der Waals surface area (Å²) in [4.78, 5) is 9.50. The van der Waals surface area contributed by atoms with Gasteiger partial charge in [0.1, 0.15) is 11.6 Å². The Morgan fingerprint density at radius 1 is 1.19 bits per heavy atom. The lowest BCUT2D eigenvalue weighted by molar-refractivity contribution is 0.783. The number of anilines is 1. The predicted octanol–water partition coefficient (Wildman–Crippen LogP) is 4.54. The first-order chi connectivity index (χ1) is 10.0. The van der Waals surface area contributed by atoms with E-state index >= 15 is 0 Å². The number of hydrogen-bond acceptors (Lipinski definition) is 3. The molecule has 1 heterocycles. The van der Waals surface area contributed by atoms with Gasteiger partial charge in [-0.15, -0.1) is 0 Å². The molecule has 0 radical (unpaired) electrons. The van der Waals surface area contributed by atoms with Gasteiger partial charge < -0.3 is 5.32 Å². The highest BCUT2D eigenvalue weighted by molar-refractivity contribution is 14.1. The van der Waals surface area contributed by atoms with Crippen molar-refractivity contribution < 1.29 is 0 Å². The summed E-state index contributed by atoms with van der Waals surface area (Å²) in [5.74, 6) is 2.25. The monoisotopic (exact) mass is 395 g/mol. The number of hydrogen-bond donors (Lipinski definition) is 1. The Bertz CT molecular complexity index is 623. The zero-order valence-corrected chi connectivity index (χ0v) is 15.2. The number of aromatic nitrogens is 2. The molecule has 0 aliphatic heterocycles. The van der Waals surface area contributed by atoms with Crippen LogP contribution in [0.4, 0.5) is 5.82 Å². The van der Waals surface area contributed by atoms with E-state index in [1.54, 1.807) is 0 Å². The highest BCUT2D eigenvalue weighted by Crippen LogP contribution is 2.26. The Balaban J connectivity index is 2.41. The van der Waals surface area contributed by atoms with Gasteiger partial charge >= 0.3 is 0 Å². The molecule has 0 saturated heterocycles. The molecule has 112 valence electrons. The maximum Gasteiger partial charge on any atom is 0.143 e. The van der Waals surface area contributed by atoms with E-state index in [9.17, 15) is 0 Å². The largest absolute Gasteiger partial charge is 0.369 e. The van der Waals surface area contributed by atoms with Crippen LogP contribution in [0.15, 0.2) is 24.3 Å². The molecule has 1 N–H and O–H groups in total. The van der Waals surface area contributed by atoms with Gasteiger partial charge in [-0.2, -0.15) is 0 Å². The van der Waals surface area contributed by atoms with E-state index in [1.807, 2.05) is 0 Å². The van der Waals surface area contributed by atoms with Crippen molar-refractivity contribution in [2.75, 3.05) is 11.9 Å². The van der Waals surface area contributed by atoms with Crippen LogP contribution in [0.2, 0.25) is 0 Å². The molecule has 0 amide bonds. The fourth-order valence-corrected chi connectivity index (χ4v) is 3.29. The van der Waals surface area contributed by atoms with Crippen LogP contribution in [0.5, 0.6) is 0 Å². The number of benzene rings is 1. The van der Waals surface area contributed by atoms with Crippen LogP contribution in [-0.4, -0.2) is 16.5 Å². The minimum Gasteiger partial charge on any atom is -0.369 e. The molecule has 2 aromatic rings. The highest BCUT2D eigenvalue weighted by atomic mass is 127. The lowest BCUT2D eigenvalue weighted by atomic mass is 10.1. The number of halogens is 1. The highest BCUT2D eigenvalue weighted by Gasteiger charge is 2.15. The zero-order chi connectivity index (χ0) is 15.4. The average molecular weight is 395 g/mol. The molecule has 0 aliphatic carbocycles. The molecule has 1 aromatic heterocycles. The van der Waals surface area contributed by atoms with Gasteiger partial charge in [0.25, 0.3) is 0 Å². The minimum atomic E-state index is 0.396. The quantitative estimate of drug-likeness (QED) is 0.756. The van der Waals surface area contributed by atoms with E-state index in [-0.39, 0.29) is 0 Å². The van der Waals surface area contributed by atoms with Gasteiger partial charge in [0.2, 0.25) is 0 Å². The molecule has 3 nitrogen and oxygen atoms in total. The second-order valence-corrected chi connectivity index (χ2v) is 6.55. The topological polar surface area (TPSA) is 37.8 Å². The molecule has 0 saturated carbocycles. The van der Waals surface area contributed by atoms with E-state index in [4.69, 9.17) is 9.97 Å². The summed E-state index contributed by atoms with van der Waals surface area (Å²) in [5.41, 5.74) is 3.71. The van der Waals surface area contributed by atoms with Crippen LogP contribution in [0.3, 0.4) is 0 Å². The van der Waals surface area contributed by atoms with Crippen LogP contribution in [0.25, 0.3) is 0 Å². The third-order valence-electron chi connectivity index (χ3n) is 3.42. The van der Waals surface area contributed by atoms with Crippen molar-refractivity contribution in [3.8, 4) is 0 Å². The fraction of sp³-hybridized carbons (Fsp3) is 0.412. The molecule has 0 aliphatic rings. The molecule has 4 heteroatoms. The number of nitrogens with zero attached hydrogens (tertiary/aromatic N) is 2. The van der Waals surface area contributed by atoms with Crippen LogP contribution in [0, 0.1) is 10.5 Å². The number of nitrogens with one attached hydrogen (secondary N) is 1. The Labute approximate surface area is 140 Å². The van der Waals surface area contributed by atoms with E-state index in [0.717, 1.165) is 33.9 Å². The predicted molar refractivity (Wildman–Crippen MR) is 97.0 cm³/mol. The zero-order valence-electron chi connectivity index (χ0n) is 13.1. The maximum absolute atomic E-state index is 4.79. The maximum atomic E-state index is 4.79. The molecule has 1 aromatic carbocycles. The van der Waals surface area contributed by atoms with Crippen molar-refractivity contribution in [2.45, 2.75) is 40.0 Å². The first-order valence-electron chi connectivity index (χ1n) is 7.37. The first kappa shape index (κ1) is 16.2. The van der Waals surface area contributed by atoms with E-state index in [1.165, 1.54) is 11.1 Å². The Morgan fingerprint density at radius 2 is 1.90 bits per heavy atom. The third-order valence-corrected chi connectivity index (χ3v) is 4.49. The minimum absolute atomic E-state index is 0.396. The van der Waals surface area contributed by atoms with E-state index < -0.39 is 0 Å². The summed E-state index contributed by atoms with van der Waals surface area (Å²) in [6.45, 7) is 9.45. The van der Waals surface area contributed by atoms with Crippen molar-refractivity contribution in [2.24, 2.45) is 0 Å². The third kappa shape index (κ3) is 3.93. The number of rotatable bonds is 5. The molecule has 2 rings (SSSR count). The molecule has 0 unspecified atom stereocenters.